The minimum absolute atomic E-state index is 0. The smallest absolute Gasteiger partial charge is 0.230 e. The second-order valence-corrected chi connectivity index (χ2v) is 7.79. The molecule has 25 heavy (non-hydrogen) atoms. The zero-order valence-electron chi connectivity index (χ0n) is 15.0. The Morgan fingerprint density at radius 2 is 1.88 bits per heavy atom. The Balaban J connectivity index is 0.00000225. The van der Waals surface area contributed by atoms with Crippen molar-refractivity contribution in [1.82, 2.24) is 4.57 Å². The molecule has 0 bridgehead atoms. The van der Waals surface area contributed by atoms with Gasteiger partial charge < -0.3 is 9.88 Å². The number of aromatic nitrogens is 1. The Bertz CT molecular complexity index is 786. The van der Waals surface area contributed by atoms with Crippen LogP contribution in [0, 0.1) is 13.8 Å². The van der Waals surface area contributed by atoms with Gasteiger partial charge in [0.1, 0.15) is 0 Å². The van der Waals surface area contributed by atoms with Crippen LogP contribution in [-0.4, -0.2) is 16.5 Å². The molecule has 136 valence electrons. The molecule has 2 aromatic rings. The van der Waals surface area contributed by atoms with Crippen LogP contribution in [-0.2, 0) is 18.3 Å². The maximum absolute atomic E-state index is 12.4. The first kappa shape index (κ1) is 19.9. The molecule has 1 N–H and O–H groups in total. The van der Waals surface area contributed by atoms with Crippen molar-refractivity contribution >= 4 is 39.9 Å². The van der Waals surface area contributed by atoms with Crippen molar-refractivity contribution in [1.29, 1.82) is 0 Å². The Hall–Kier alpha value is -1.40. The number of thiazole rings is 1. The number of rotatable bonds is 4. The zero-order valence-corrected chi connectivity index (χ0v) is 17.6. The molecule has 0 saturated heterocycles. The van der Waals surface area contributed by atoms with Crippen LogP contribution < -0.4 is 10.1 Å². The van der Waals surface area contributed by atoms with E-state index in [2.05, 4.69) is 16.8 Å². The van der Waals surface area contributed by atoms with E-state index in [1.165, 1.54) is 36.1 Å². The fourth-order valence-corrected chi connectivity index (χ4v) is 4.21. The molecule has 6 heteroatoms. The van der Waals surface area contributed by atoms with E-state index in [4.69, 9.17) is 4.99 Å². The van der Waals surface area contributed by atoms with Crippen molar-refractivity contribution in [3.8, 4) is 0 Å². The summed E-state index contributed by atoms with van der Waals surface area (Å²) >= 11 is 1.69. The number of aryl methyl sites for hydroxylation is 2. The van der Waals surface area contributed by atoms with Crippen LogP contribution in [0.3, 0.4) is 0 Å². The van der Waals surface area contributed by atoms with Crippen molar-refractivity contribution in [2.75, 3.05) is 5.32 Å². The molecule has 1 aromatic heterocycles. The topological polar surface area (TPSA) is 46.4 Å². The van der Waals surface area contributed by atoms with Crippen molar-refractivity contribution < 1.29 is 4.79 Å². The summed E-state index contributed by atoms with van der Waals surface area (Å²) in [6.07, 6.45) is 5.34. The lowest BCUT2D eigenvalue weighted by Crippen LogP contribution is -2.21. The third-order valence-corrected chi connectivity index (χ3v) is 5.73. The lowest BCUT2D eigenvalue weighted by molar-refractivity contribution is -0.115. The van der Waals surface area contributed by atoms with Crippen LogP contribution in [0.5, 0.6) is 0 Å². The molecule has 4 nitrogen and oxygen atoms in total. The summed E-state index contributed by atoms with van der Waals surface area (Å²) in [7, 11) is 2.02. The van der Waals surface area contributed by atoms with E-state index in [0.717, 1.165) is 16.2 Å². The van der Waals surface area contributed by atoms with Gasteiger partial charge in [0.05, 0.1) is 12.5 Å². The van der Waals surface area contributed by atoms with Crippen LogP contribution in [0.15, 0.2) is 29.3 Å². The normalized spacial score (nSPS) is 15.2. The first-order valence-electron chi connectivity index (χ1n) is 8.58. The number of nitrogens with one attached hydrogen (secondary N) is 1. The number of halogens is 1. The number of anilines is 1. The van der Waals surface area contributed by atoms with Crippen LogP contribution in [0.1, 0.15) is 41.8 Å². The molecule has 0 aliphatic heterocycles. The summed E-state index contributed by atoms with van der Waals surface area (Å²) in [5.41, 5.74) is 3.09. The summed E-state index contributed by atoms with van der Waals surface area (Å²) in [6, 6.07) is 8.35. The Morgan fingerprint density at radius 3 is 2.52 bits per heavy atom. The molecule has 0 radical (unpaired) electrons. The first-order chi connectivity index (χ1) is 11.5. The SMILES string of the molecule is Br.Cc1ccc(NC(=O)Cc2c(C)sc(=NC3CCCC3)n2C)cc1. The molecular weight excluding hydrogens is 398 g/mol. The van der Waals surface area contributed by atoms with Gasteiger partial charge in [0, 0.05) is 23.3 Å². The summed E-state index contributed by atoms with van der Waals surface area (Å²) in [5, 5.41) is 2.98. The Kier molecular flexibility index (Phi) is 7.02. The molecule has 0 spiro atoms. The summed E-state index contributed by atoms with van der Waals surface area (Å²) < 4.78 is 2.09. The summed E-state index contributed by atoms with van der Waals surface area (Å²) in [4.78, 5) is 19.5. The number of hydrogen-bond donors (Lipinski definition) is 1. The largest absolute Gasteiger partial charge is 0.326 e. The third kappa shape index (κ3) is 5.05. The van der Waals surface area contributed by atoms with E-state index < -0.39 is 0 Å². The van der Waals surface area contributed by atoms with Gasteiger partial charge in [-0.3, -0.25) is 9.79 Å². The van der Waals surface area contributed by atoms with Crippen molar-refractivity contribution in [2.45, 2.75) is 52.0 Å². The lowest BCUT2D eigenvalue weighted by Gasteiger charge is -2.07. The molecule has 1 aliphatic carbocycles. The van der Waals surface area contributed by atoms with E-state index in [9.17, 15) is 4.79 Å². The highest BCUT2D eigenvalue weighted by atomic mass is 79.9. The maximum atomic E-state index is 12.4. The lowest BCUT2D eigenvalue weighted by atomic mass is 10.2. The molecule has 1 saturated carbocycles. The molecular formula is C19H26BrN3OS. The first-order valence-corrected chi connectivity index (χ1v) is 9.40. The van der Waals surface area contributed by atoms with Crippen LogP contribution >= 0.6 is 28.3 Å². The number of benzene rings is 1. The second-order valence-electron chi connectivity index (χ2n) is 6.60. The van der Waals surface area contributed by atoms with Gasteiger partial charge in [-0.05, 0) is 38.8 Å². The van der Waals surface area contributed by atoms with Crippen LogP contribution in [0.2, 0.25) is 0 Å². The maximum Gasteiger partial charge on any atom is 0.230 e. The van der Waals surface area contributed by atoms with Crippen LogP contribution in [0.4, 0.5) is 5.69 Å². The monoisotopic (exact) mass is 423 g/mol. The molecule has 1 aromatic carbocycles. The van der Waals surface area contributed by atoms with Gasteiger partial charge in [0.25, 0.3) is 0 Å². The molecule has 1 aliphatic rings. The zero-order chi connectivity index (χ0) is 17.1. The van der Waals surface area contributed by atoms with E-state index in [0.29, 0.717) is 12.5 Å². The predicted molar refractivity (Wildman–Crippen MR) is 110 cm³/mol. The number of nitrogens with zero attached hydrogens (tertiary/aromatic N) is 2. The van der Waals surface area contributed by atoms with Gasteiger partial charge in [-0.25, -0.2) is 0 Å². The second kappa shape index (κ2) is 8.81. The van der Waals surface area contributed by atoms with Gasteiger partial charge in [0.2, 0.25) is 5.91 Å². The fourth-order valence-electron chi connectivity index (χ4n) is 3.16. The van der Waals surface area contributed by atoms with Crippen molar-refractivity contribution in [3.63, 3.8) is 0 Å². The third-order valence-electron chi connectivity index (χ3n) is 4.62. The van der Waals surface area contributed by atoms with Crippen LogP contribution in [0.25, 0.3) is 0 Å². The standard InChI is InChI=1S/C19H25N3OS.BrH/c1-13-8-10-16(11-9-13)20-18(23)12-17-14(2)24-19(22(17)3)21-15-6-4-5-7-15;/h8-11,15H,4-7,12H2,1-3H3,(H,20,23);1H. The molecule has 1 amide bonds. The Labute approximate surface area is 163 Å². The fraction of sp³-hybridized carbons (Fsp3) is 0.474. The van der Waals surface area contributed by atoms with Crippen molar-refractivity contribution in [3.05, 3.63) is 45.2 Å². The van der Waals surface area contributed by atoms with Crippen molar-refractivity contribution in [2.24, 2.45) is 12.0 Å². The number of amides is 1. The van der Waals surface area contributed by atoms with E-state index in [-0.39, 0.29) is 22.9 Å². The van der Waals surface area contributed by atoms with E-state index in [1.54, 1.807) is 11.3 Å². The van der Waals surface area contributed by atoms with Gasteiger partial charge in [0.15, 0.2) is 4.80 Å². The number of hydrogen-bond acceptors (Lipinski definition) is 3. The minimum atomic E-state index is 0. The minimum Gasteiger partial charge on any atom is -0.326 e. The molecule has 0 unspecified atom stereocenters. The van der Waals surface area contributed by atoms with Gasteiger partial charge in [-0.1, -0.05) is 30.5 Å². The number of carbonyl (C=O) groups is 1. The predicted octanol–water partition coefficient (Wildman–Crippen LogP) is 4.31. The Morgan fingerprint density at radius 1 is 1.24 bits per heavy atom. The number of carbonyl (C=O) groups excluding carboxylic acids is 1. The average Bonchev–Trinajstić information content (AvgIpc) is 3.14. The summed E-state index contributed by atoms with van der Waals surface area (Å²) in [5.74, 6) is 0.0165. The highest BCUT2D eigenvalue weighted by Crippen LogP contribution is 2.21. The molecule has 3 rings (SSSR count). The highest BCUT2D eigenvalue weighted by molar-refractivity contribution is 8.93. The molecule has 1 fully saturated rings. The average molecular weight is 424 g/mol. The van der Waals surface area contributed by atoms with E-state index >= 15 is 0 Å². The van der Waals surface area contributed by atoms with Gasteiger partial charge >= 0.3 is 0 Å². The van der Waals surface area contributed by atoms with E-state index in [1.807, 2.05) is 38.2 Å². The summed E-state index contributed by atoms with van der Waals surface area (Å²) in [6.45, 7) is 4.11. The van der Waals surface area contributed by atoms with Gasteiger partial charge in [-0.15, -0.1) is 28.3 Å². The molecule has 0 atom stereocenters. The molecule has 1 heterocycles. The quantitative estimate of drug-likeness (QED) is 0.782. The highest BCUT2D eigenvalue weighted by Gasteiger charge is 2.16. The van der Waals surface area contributed by atoms with Gasteiger partial charge in [-0.2, -0.15) is 0 Å².